The van der Waals surface area contributed by atoms with Crippen molar-refractivity contribution in [2.75, 3.05) is 7.11 Å². The second-order valence-electron chi connectivity index (χ2n) is 4.62. The van der Waals surface area contributed by atoms with E-state index in [0.29, 0.717) is 6.42 Å². The largest absolute Gasteiger partial charge is 0.377 e. The molecular formula is C14H14N2O. The lowest BCUT2D eigenvalue weighted by atomic mass is 9.74. The normalized spacial score (nSPS) is 26.3. The third-order valence-electron chi connectivity index (χ3n) is 3.71. The van der Waals surface area contributed by atoms with Gasteiger partial charge in [0.25, 0.3) is 0 Å². The van der Waals surface area contributed by atoms with E-state index in [1.165, 1.54) is 0 Å². The van der Waals surface area contributed by atoms with Crippen molar-refractivity contribution in [1.82, 2.24) is 0 Å². The maximum atomic E-state index is 9.12. The van der Waals surface area contributed by atoms with Crippen LogP contribution in [0.2, 0.25) is 0 Å². The zero-order valence-electron chi connectivity index (χ0n) is 9.97. The molecule has 2 rings (SSSR count). The van der Waals surface area contributed by atoms with Gasteiger partial charge in [-0.25, -0.2) is 0 Å². The van der Waals surface area contributed by atoms with Crippen LogP contribution in [-0.2, 0) is 10.2 Å². The minimum atomic E-state index is -0.635. The Morgan fingerprint density at radius 3 is 2.59 bits per heavy atom. The van der Waals surface area contributed by atoms with Crippen LogP contribution in [0.3, 0.4) is 0 Å². The van der Waals surface area contributed by atoms with Crippen molar-refractivity contribution in [1.29, 1.82) is 10.5 Å². The van der Waals surface area contributed by atoms with E-state index in [9.17, 15) is 0 Å². The third-order valence-corrected chi connectivity index (χ3v) is 3.71. The number of fused-ring (bicyclic) bond motifs is 1. The molecule has 1 aliphatic carbocycles. The number of nitriles is 2. The van der Waals surface area contributed by atoms with Crippen molar-refractivity contribution in [2.45, 2.75) is 24.9 Å². The van der Waals surface area contributed by atoms with E-state index in [-0.39, 0.29) is 6.10 Å². The minimum absolute atomic E-state index is 0.0135. The summed E-state index contributed by atoms with van der Waals surface area (Å²) in [5.74, 6) is -0.635. The Balaban J connectivity index is 2.55. The van der Waals surface area contributed by atoms with Gasteiger partial charge in [-0.1, -0.05) is 31.2 Å². The van der Waals surface area contributed by atoms with Gasteiger partial charge >= 0.3 is 0 Å². The fourth-order valence-electron chi connectivity index (χ4n) is 2.70. The molecule has 2 unspecified atom stereocenters. The Kier molecular flexibility index (Phi) is 2.88. The van der Waals surface area contributed by atoms with Gasteiger partial charge in [0.1, 0.15) is 5.92 Å². The molecular weight excluding hydrogens is 212 g/mol. The summed E-state index contributed by atoms with van der Waals surface area (Å²) in [7, 11) is 1.67. The highest BCUT2D eigenvalue weighted by atomic mass is 16.5. The van der Waals surface area contributed by atoms with Crippen molar-refractivity contribution in [3.05, 3.63) is 35.4 Å². The van der Waals surface area contributed by atoms with Crippen LogP contribution < -0.4 is 0 Å². The SMILES string of the molecule is COC1CC(C)(C(C#N)C#N)c2ccccc21. The molecule has 86 valence electrons. The van der Waals surface area contributed by atoms with E-state index < -0.39 is 11.3 Å². The van der Waals surface area contributed by atoms with Gasteiger partial charge in [-0.2, -0.15) is 10.5 Å². The smallest absolute Gasteiger partial charge is 0.142 e. The summed E-state index contributed by atoms with van der Waals surface area (Å²) in [4.78, 5) is 0. The van der Waals surface area contributed by atoms with Gasteiger partial charge in [-0.3, -0.25) is 0 Å². The molecule has 0 bridgehead atoms. The van der Waals surface area contributed by atoms with Crippen LogP contribution in [0.15, 0.2) is 24.3 Å². The van der Waals surface area contributed by atoms with Crippen LogP contribution >= 0.6 is 0 Å². The first-order valence-electron chi connectivity index (χ1n) is 5.59. The number of ether oxygens (including phenoxy) is 1. The summed E-state index contributed by atoms with van der Waals surface area (Å²) >= 11 is 0. The summed E-state index contributed by atoms with van der Waals surface area (Å²) < 4.78 is 5.45. The molecule has 0 saturated heterocycles. The molecule has 0 amide bonds. The first-order valence-corrected chi connectivity index (χ1v) is 5.59. The molecule has 0 fully saturated rings. The first kappa shape index (κ1) is 11.6. The molecule has 1 aromatic rings. The molecule has 3 nitrogen and oxygen atoms in total. The molecule has 0 spiro atoms. The molecule has 0 N–H and O–H groups in total. The van der Waals surface area contributed by atoms with Gasteiger partial charge in [0.2, 0.25) is 0 Å². The van der Waals surface area contributed by atoms with Crippen molar-refractivity contribution < 1.29 is 4.74 Å². The number of nitrogens with zero attached hydrogens (tertiary/aromatic N) is 2. The predicted molar refractivity (Wildman–Crippen MR) is 62.9 cm³/mol. The zero-order valence-corrected chi connectivity index (χ0v) is 9.97. The molecule has 0 aliphatic heterocycles. The number of benzene rings is 1. The average molecular weight is 226 g/mol. The minimum Gasteiger partial charge on any atom is -0.377 e. The van der Waals surface area contributed by atoms with Crippen LogP contribution in [-0.4, -0.2) is 7.11 Å². The second-order valence-corrected chi connectivity index (χ2v) is 4.62. The summed E-state index contributed by atoms with van der Waals surface area (Å²) in [5.41, 5.74) is 1.74. The predicted octanol–water partition coefficient (Wildman–Crippen LogP) is 2.70. The second kappa shape index (κ2) is 4.20. The molecule has 0 saturated carbocycles. The highest BCUT2D eigenvalue weighted by molar-refractivity contribution is 5.44. The van der Waals surface area contributed by atoms with Crippen molar-refractivity contribution in [3.8, 4) is 12.1 Å². The first-order chi connectivity index (χ1) is 8.17. The Labute approximate surface area is 101 Å². The van der Waals surface area contributed by atoms with Gasteiger partial charge in [0.05, 0.1) is 18.2 Å². The van der Waals surface area contributed by atoms with Crippen molar-refractivity contribution in [2.24, 2.45) is 5.92 Å². The topological polar surface area (TPSA) is 56.8 Å². The van der Waals surface area contributed by atoms with Crippen LogP contribution in [0.5, 0.6) is 0 Å². The summed E-state index contributed by atoms with van der Waals surface area (Å²) in [6, 6.07) is 12.1. The van der Waals surface area contributed by atoms with E-state index in [2.05, 4.69) is 12.1 Å². The van der Waals surface area contributed by atoms with Crippen LogP contribution in [0.4, 0.5) is 0 Å². The lowest BCUT2D eigenvalue weighted by Gasteiger charge is -2.26. The molecule has 1 aliphatic rings. The molecule has 0 radical (unpaired) electrons. The van der Waals surface area contributed by atoms with E-state index in [0.717, 1.165) is 11.1 Å². The van der Waals surface area contributed by atoms with Crippen molar-refractivity contribution >= 4 is 0 Å². The van der Waals surface area contributed by atoms with E-state index >= 15 is 0 Å². The maximum Gasteiger partial charge on any atom is 0.142 e. The van der Waals surface area contributed by atoms with Gasteiger partial charge in [0.15, 0.2) is 0 Å². The number of rotatable bonds is 2. The lowest BCUT2D eigenvalue weighted by molar-refractivity contribution is 0.0881. The molecule has 2 atom stereocenters. The highest BCUT2D eigenvalue weighted by Crippen LogP contribution is 2.49. The Bertz CT molecular complexity index is 498. The Morgan fingerprint density at radius 2 is 2.00 bits per heavy atom. The van der Waals surface area contributed by atoms with Gasteiger partial charge < -0.3 is 4.74 Å². The van der Waals surface area contributed by atoms with Gasteiger partial charge in [0, 0.05) is 12.5 Å². The molecule has 0 heterocycles. The standard InChI is InChI=1S/C14H14N2O/c1-14(10(8-15)9-16)7-13(17-2)11-5-3-4-6-12(11)14/h3-6,10,13H,7H2,1-2H3. The number of hydrogen-bond donors (Lipinski definition) is 0. The fourth-order valence-corrected chi connectivity index (χ4v) is 2.70. The monoisotopic (exact) mass is 226 g/mol. The average Bonchev–Trinajstić information content (AvgIpc) is 2.66. The zero-order chi connectivity index (χ0) is 12.5. The number of hydrogen-bond acceptors (Lipinski definition) is 3. The third kappa shape index (κ3) is 1.60. The lowest BCUT2D eigenvalue weighted by Crippen LogP contribution is -2.28. The summed E-state index contributed by atoms with van der Waals surface area (Å²) in [6.07, 6.45) is 0.676. The van der Waals surface area contributed by atoms with Crippen LogP contribution in [0.25, 0.3) is 0 Å². The maximum absolute atomic E-state index is 9.12. The van der Waals surface area contributed by atoms with E-state index in [1.54, 1.807) is 7.11 Å². The van der Waals surface area contributed by atoms with E-state index in [4.69, 9.17) is 15.3 Å². The molecule has 1 aromatic carbocycles. The van der Waals surface area contributed by atoms with Gasteiger partial charge in [-0.05, 0) is 17.5 Å². The number of methoxy groups -OCH3 is 1. The van der Waals surface area contributed by atoms with Gasteiger partial charge in [-0.15, -0.1) is 0 Å². The van der Waals surface area contributed by atoms with Crippen LogP contribution in [0, 0.1) is 28.6 Å². The van der Waals surface area contributed by atoms with Crippen molar-refractivity contribution in [3.63, 3.8) is 0 Å². The highest BCUT2D eigenvalue weighted by Gasteiger charge is 2.46. The Morgan fingerprint density at radius 1 is 1.35 bits per heavy atom. The molecule has 0 aromatic heterocycles. The molecule has 17 heavy (non-hydrogen) atoms. The van der Waals surface area contributed by atoms with E-state index in [1.807, 2.05) is 31.2 Å². The summed E-state index contributed by atoms with van der Waals surface area (Å²) in [6.45, 7) is 1.97. The Hall–Kier alpha value is -1.84. The van der Waals surface area contributed by atoms with Crippen LogP contribution in [0.1, 0.15) is 30.6 Å². The quantitative estimate of drug-likeness (QED) is 0.779. The molecule has 3 heteroatoms. The summed E-state index contributed by atoms with van der Waals surface area (Å²) in [5, 5.41) is 18.2. The fraction of sp³-hybridized carbons (Fsp3) is 0.429.